The first-order valence-corrected chi connectivity index (χ1v) is 10.0. The van der Waals surface area contributed by atoms with Gasteiger partial charge < -0.3 is 14.5 Å². The Morgan fingerprint density at radius 2 is 2.19 bits per heavy atom. The van der Waals surface area contributed by atoms with E-state index in [1.165, 1.54) is 18.4 Å². The number of hydrogen-bond donors (Lipinski definition) is 1. The summed E-state index contributed by atoms with van der Waals surface area (Å²) in [6.45, 7) is 6.91. The highest BCUT2D eigenvalue weighted by Gasteiger charge is 2.21. The van der Waals surface area contributed by atoms with Crippen LogP contribution < -0.4 is 5.32 Å². The lowest BCUT2D eigenvalue weighted by Gasteiger charge is -2.32. The van der Waals surface area contributed by atoms with Gasteiger partial charge in [0.25, 0.3) is 0 Å². The lowest BCUT2D eigenvalue weighted by Crippen LogP contribution is -2.35. The summed E-state index contributed by atoms with van der Waals surface area (Å²) >= 11 is 0. The highest BCUT2D eigenvalue weighted by atomic mass is 16.5. The maximum absolute atomic E-state index is 12.0. The highest BCUT2D eigenvalue weighted by molar-refractivity contribution is 5.75. The SMILES string of the molecule is C/C(=C\c1ccco1)CN1CCC(CCC(=O)NC[C@H]2CCCO2)CC1. The summed E-state index contributed by atoms with van der Waals surface area (Å²) < 4.78 is 10.9. The number of ether oxygens (including phenoxy) is 1. The second kappa shape index (κ2) is 9.93. The maximum atomic E-state index is 12.0. The molecule has 5 nitrogen and oxygen atoms in total. The summed E-state index contributed by atoms with van der Waals surface area (Å²) in [5.41, 5.74) is 1.33. The number of carbonyl (C=O) groups excluding carboxylic acids is 1. The Morgan fingerprint density at radius 1 is 1.35 bits per heavy atom. The molecule has 0 spiro atoms. The number of carbonyl (C=O) groups is 1. The predicted molar refractivity (Wildman–Crippen MR) is 103 cm³/mol. The number of hydrogen-bond acceptors (Lipinski definition) is 4. The van der Waals surface area contributed by atoms with Crippen LogP contribution in [0.2, 0.25) is 0 Å². The molecule has 5 heteroatoms. The minimum absolute atomic E-state index is 0.181. The van der Waals surface area contributed by atoms with Gasteiger partial charge in [-0.3, -0.25) is 9.69 Å². The summed E-state index contributed by atoms with van der Waals surface area (Å²) in [5, 5.41) is 3.03. The summed E-state index contributed by atoms with van der Waals surface area (Å²) in [4.78, 5) is 14.5. The van der Waals surface area contributed by atoms with E-state index < -0.39 is 0 Å². The van der Waals surface area contributed by atoms with Crippen molar-refractivity contribution < 1.29 is 13.9 Å². The van der Waals surface area contributed by atoms with Crippen molar-refractivity contribution in [2.24, 2.45) is 5.92 Å². The first-order valence-electron chi connectivity index (χ1n) is 10.0. The van der Waals surface area contributed by atoms with Gasteiger partial charge in [0.2, 0.25) is 5.91 Å². The van der Waals surface area contributed by atoms with Gasteiger partial charge in [0.05, 0.1) is 12.4 Å². The first kappa shape index (κ1) is 19.2. The highest BCUT2D eigenvalue weighted by Crippen LogP contribution is 2.23. The van der Waals surface area contributed by atoms with E-state index in [9.17, 15) is 4.79 Å². The average molecular weight is 360 g/mol. The van der Waals surface area contributed by atoms with Crippen molar-refractivity contribution in [1.82, 2.24) is 10.2 Å². The minimum Gasteiger partial charge on any atom is -0.465 e. The Labute approximate surface area is 156 Å². The monoisotopic (exact) mass is 360 g/mol. The van der Waals surface area contributed by atoms with Gasteiger partial charge in [0.15, 0.2) is 0 Å². The fraction of sp³-hybridized carbons (Fsp3) is 0.667. The molecule has 0 aromatic carbocycles. The van der Waals surface area contributed by atoms with Crippen LogP contribution in [0.1, 0.15) is 51.2 Å². The van der Waals surface area contributed by atoms with Crippen molar-refractivity contribution >= 4 is 12.0 Å². The van der Waals surface area contributed by atoms with Crippen LogP contribution in [0.4, 0.5) is 0 Å². The van der Waals surface area contributed by atoms with Gasteiger partial charge in [-0.25, -0.2) is 0 Å². The van der Waals surface area contributed by atoms with E-state index >= 15 is 0 Å². The summed E-state index contributed by atoms with van der Waals surface area (Å²) in [6.07, 6.45) is 10.3. The molecule has 3 rings (SSSR count). The van der Waals surface area contributed by atoms with Gasteiger partial charge >= 0.3 is 0 Å². The fourth-order valence-electron chi connectivity index (χ4n) is 3.90. The number of rotatable bonds is 8. The zero-order chi connectivity index (χ0) is 18.2. The zero-order valence-electron chi connectivity index (χ0n) is 15.9. The molecule has 2 fully saturated rings. The van der Waals surface area contributed by atoms with Crippen molar-refractivity contribution in [3.63, 3.8) is 0 Å². The minimum atomic E-state index is 0.181. The van der Waals surface area contributed by atoms with E-state index in [0.29, 0.717) is 18.9 Å². The van der Waals surface area contributed by atoms with E-state index in [-0.39, 0.29) is 12.0 Å². The van der Waals surface area contributed by atoms with Crippen molar-refractivity contribution in [3.8, 4) is 0 Å². The topological polar surface area (TPSA) is 54.7 Å². The molecule has 144 valence electrons. The van der Waals surface area contributed by atoms with Crippen molar-refractivity contribution in [1.29, 1.82) is 0 Å². The van der Waals surface area contributed by atoms with Crippen LogP contribution in [0, 0.1) is 5.92 Å². The molecular weight excluding hydrogens is 328 g/mol. The molecule has 1 N–H and O–H groups in total. The third-order valence-electron chi connectivity index (χ3n) is 5.44. The van der Waals surface area contributed by atoms with Crippen LogP contribution >= 0.6 is 0 Å². The smallest absolute Gasteiger partial charge is 0.220 e. The standard InChI is InChI=1S/C21H32N2O3/c1-17(14-19-4-2-12-25-19)16-23-10-8-18(9-11-23)6-7-21(24)22-15-20-5-3-13-26-20/h2,4,12,14,18,20H,3,5-11,13,15-16H2,1H3,(H,22,24)/b17-14+/t20-/m1/s1. The molecule has 1 aromatic heterocycles. The molecule has 26 heavy (non-hydrogen) atoms. The molecule has 1 aromatic rings. The largest absolute Gasteiger partial charge is 0.465 e. The molecular formula is C21H32N2O3. The molecule has 1 atom stereocenters. The summed E-state index contributed by atoms with van der Waals surface area (Å²) in [5.74, 6) is 1.78. The van der Waals surface area contributed by atoms with Gasteiger partial charge in [-0.05, 0) is 76.2 Å². The molecule has 0 radical (unpaired) electrons. The van der Waals surface area contributed by atoms with Gasteiger partial charge in [-0.15, -0.1) is 0 Å². The van der Waals surface area contributed by atoms with E-state index in [2.05, 4.69) is 23.2 Å². The second-order valence-electron chi connectivity index (χ2n) is 7.70. The lowest BCUT2D eigenvalue weighted by molar-refractivity contribution is -0.122. The molecule has 0 saturated carbocycles. The fourth-order valence-corrected chi connectivity index (χ4v) is 3.90. The van der Waals surface area contributed by atoms with Crippen molar-refractivity contribution in [2.75, 3.05) is 32.8 Å². The zero-order valence-corrected chi connectivity index (χ0v) is 15.9. The molecule has 2 aliphatic heterocycles. The molecule has 3 heterocycles. The van der Waals surface area contributed by atoms with E-state index in [4.69, 9.17) is 9.15 Å². The number of nitrogens with one attached hydrogen (secondary N) is 1. The van der Waals surface area contributed by atoms with Crippen molar-refractivity contribution in [2.45, 2.75) is 51.6 Å². The Kier molecular flexibility index (Phi) is 7.32. The number of nitrogens with zero attached hydrogens (tertiary/aromatic N) is 1. The second-order valence-corrected chi connectivity index (χ2v) is 7.70. The van der Waals surface area contributed by atoms with E-state index in [1.54, 1.807) is 6.26 Å². The number of amides is 1. The van der Waals surface area contributed by atoms with E-state index in [0.717, 1.165) is 51.3 Å². The maximum Gasteiger partial charge on any atom is 0.220 e. The van der Waals surface area contributed by atoms with Crippen LogP contribution in [-0.4, -0.2) is 49.7 Å². The third-order valence-corrected chi connectivity index (χ3v) is 5.44. The van der Waals surface area contributed by atoms with Crippen LogP contribution in [0.15, 0.2) is 28.4 Å². The van der Waals surface area contributed by atoms with Crippen molar-refractivity contribution in [3.05, 3.63) is 29.7 Å². The Bertz CT molecular complexity index is 568. The summed E-state index contributed by atoms with van der Waals surface area (Å²) in [7, 11) is 0. The first-order chi connectivity index (χ1) is 12.7. The van der Waals surface area contributed by atoms with Crippen LogP contribution in [0.3, 0.4) is 0 Å². The molecule has 2 aliphatic rings. The number of likely N-dealkylation sites (tertiary alicyclic amines) is 1. The van der Waals surface area contributed by atoms with E-state index in [1.807, 2.05) is 12.1 Å². The van der Waals surface area contributed by atoms with Gasteiger partial charge in [-0.2, -0.15) is 0 Å². The molecule has 0 bridgehead atoms. The van der Waals surface area contributed by atoms with Gasteiger partial charge in [0.1, 0.15) is 5.76 Å². The average Bonchev–Trinajstić information content (AvgIpc) is 3.33. The van der Waals surface area contributed by atoms with Crippen LogP contribution in [-0.2, 0) is 9.53 Å². The quantitative estimate of drug-likeness (QED) is 0.771. The third kappa shape index (κ3) is 6.29. The Morgan fingerprint density at radius 3 is 2.88 bits per heavy atom. The van der Waals surface area contributed by atoms with Crippen LogP contribution in [0.5, 0.6) is 0 Å². The van der Waals surface area contributed by atoms with Gasteiger partial charge in [-0.1, -0.05) is 5.57 Å². The number of piperidine rings is 1. The van der Waals surface area contributed by atoms with Gasteiger partial charge in [0, 0.05) is 26.1 Å². The lowest BCUT2D eigenvalue weighted by atomic mass is 9.92. The van der Waals surface area contributed by atoms with Crippen LogP contribution in [0.25, 0.3) is 6.08 Å². The summed E-state index contributed by atoms with van der Waals surface area (Å²) in [6, 6.07) is 3.90. The number of furan rings is 1. The molecule has 2 saturated heterocycles. The molecule has 0 unspecified atom stereocenters. The molecule has 0 aliphatic carbocycles. The molecule has 1 amide bonds. The normalized spacial score (nSPS) is 22.7. The Balaban J connectivity index is 1.29. The predicted octanol–water partition coefficient (Wildman–Crippen LogP) is 3.47. The Hall–Kier alpha value is -1.59.